The molecule has 6 nitrogen and oxygen atoms in total. The van der Waals surface area contributed by atoms with E-state index in [-0.39, 0.29) is 18.0 Å². The molecule has 0 saturated carbocycles. The zero-order valence-corrected chi connectivity index (χ0v) is 12.4. The number of aliphatic hydroxyl groups is 1. The predicted molar refractivity (Wildman–Crippen MR) is 77.4 cm³/mol. The fraction of sp³-hybridized carbons (Fsp3) is 0.571. The number of nitrogens with zero attached hydrogens (tertiary/aromatic N) is 2. The van der Waals surface area contributed by atoms with E-state index in [1.807, 2.05) is 20.8 Å². The summed E-state index contributed by atoms with van der Waals surface area (Å²) in [4.78, 5) is 21.6. The number of nitroso groups, excluding NO2 is 1. The molecule has 0 aromatic heterocycles. The van der Waals surface area contributed by atoms with E-state index in [1.54, 1.807) is 19.9 Å². The van der Waals surface area contributed by atoms with Crippen LogP contribution in [0.5, 0.6) is 0 Å². The summed E-state index contributed by atoms with van der Waals surface area (Å²) in [5, 5.41) is 23.5. The molecule has 0 bridgehead atoms. The molecule has 20 heavy (non-hydrogen) atoms. The van der Waals surface area contributed by atoms with Crippen molar-refractivity contribution in [2.45, 2.75) is 45.4 Å². The number of nitro groups is 1. The van der Waals surface area contributed by atoms with Crippen LogP contribution in [0.25, 0.3) is 0 Å². The van der Waals surface area contributed by atoms with E-state index >= 15 is 0 Å². The van der Waals surface area contributed by atoms with Crippen LogP contribution in [0.3, 0.4) is 0 Å². The van der Waals surface area contributed by atoms with Gasteiger partial charge in [-0.1, -0.05) is 34.6 Å². The lowest BCUT2D eigenvalue weighted by Gasteiger charge is -2.27. The average Bonchev–Trinajstić information content (AvgIpc) is 2.35. The molecule has 0 spiro atoms. The van der Waals surface area contributed by atoms with Gasteiger partial charge in [-0.3, -0.25) is 10.1 Å². The van der Waals surface area contributed by atoms with Gasteiger partial charge in [-0.15, -0.1) is 4.91 Å². The summed E-state index contributed by atoms with van der Waals surface area (Å²) in [6.07, 6.45) is 0. The lowest BCUT2D eigenvalue weighted by atomic mass is 9.78. The van der Waals surface area contributed by atoms with Gasteiger partial charge in [0.05, 0.1) is 11.5 Å². The first kappa shape index (κ1) is 16.2. The molecule has 0 unspecified atom stereocenters. The van der Waals surface area contributed by atoms with Crippen LogP contribution in [-0.4, -0.2) is 16.6 Å². The molecule has 1 aromatic carbocycles. The van der Waals surface area contributed by atoms with Gasteiger partial charge in [0.15, 0.2) is 0 Å². The fourth-order valence-electron chi connectivity index (χ4n) is 2.03. The minimum atomic E-state index is -0.696. The Morgan fingerprint density at radius 3 is 2.10 bits per heavy atom. The van der Waals surface area contributed by atoms with Crippen molar-refractivity contribution in [2.24, 2.45) is 5.18 Å². The van der Waals surface area contributed by atoms with Crippen LogP contribution in [0.2, 0.25) is 0 Å². The highest BCUT2D eigenvalue weighted by Gasteiger charge is 2.32. The molecule has 0 saturated heterocycles. The Kier molecular flexibility index (Phi) is 4.29. The minimum Gasteiger partial charge on any atom is -0.395 e. The highest BCUT2D eigenvalue weighted by atomic mass is 16.6. The monoisotopic (exact) mass is 280 g/mol. The molecule has 0 radical (unpaired) electrons. The van der Waals surface area contributed by atoms with Crippen LogP contribution in [0.4, 0.5) is 11.4 Å². The Morgan fingerprint density at radius 2 is 1.75 bits per heavy atom. The summed E-state index contributed by atoms with van der Waals surface area (Å²) in [5.74, 6) is 0. The van der Waals surface area contributed by atoms with Crippen LogP contribution in [-0.2, 0) is 10.8 Å². The smallest absolute Gasteiger partial charge is 0.275 e. The fourth-order valence-corrected chi connectivity index (χ4v) is 2.03. The standard InChI is InChI=1S/C14H20N2O4/c1-13(2,3)10-6-9(14(4,5)8-17)11(15-18)7-12(10)16(19)20/h6-7,17H,8H2,1-5H3. The van der Waals surface area contributed by atoms with Gasteiger partial charge >= 0.3 is 0 Å². The van der Waals surface area contributed by atoms with E-state index in [0.717, 1.165) is 0 Å². The third-order valence-electron chi connectivity index (χ3n) is 3.34. The summed E-state index contributed by atoms with van der Waals surface area (Å²) in [6.45, 7) is 8.92. The first-order chi connectivity index (χ1) is 9.04. The minimum absolute atomic E-state index is 0.00347. The first-order valence-electron chi connectivity index (χ1n) is 6.32. The Morgan fingerprint density at radius 1 is 1.20 bits per heavy atom. The molecule has 0 aliphatic carbocycles. The van der Waals surface area contributed by atoms with Gasteiger partial charge in [0.25, 0.3) is 5.69 Å². The van der Waals surface area contributed by atoms with Crippen molar-refractivity contribution in [3.8, 4) is 0 Å². The van der Waals surface area contributed by atoms with Gasteiger partial charge < -0.3 is 5.11 Å². The topological polar surface area (TPSA) is 92.8 Å². The molecular weight excluding hydrogens is 260 g/mol. The number of nitro benzene ring substituents is 1. The van der Waals surface area contributed by atoms with Crippen molar-refractivity contribution < 1.29 is 10.0 Å². The molecule has 0 aliphatic rings. The molecule has 1 N–H and O–H groups in total. The van der Waals surface area contributed by atoms with Gasteiger partial charge in [0.1, 0.15) is 5.69 Å². The van der Waals surface area contributed by atoms with Crippen molar-refractivity contribution in [1.82, 2.24) is 0 Å². The molecule has 6 heteroatoms. The Hall–Kier alpha value is -1.82. The van der Waals surface area contributed by atoms with Crippen molar-refractivity contribution >= 4 is 11.4 Å². The summed E-state index contributed by atoms with van der Waals surface area (Å²) in [7, 11) is 0. The van der Waals surface area contributed by atoms with Gasteiger partial charge in [0, 0.05) is 17.0 Å². The normalized spacial score (nSPS) is 12.3. The second-order valence-electron chi connectivity index (χ2n) is 6.53. The number of rotatable bonds is 4. The van der Waals surface area contributed by atoms with Crippen LogP contribution < -0.4 is 0 Å². The first-order valence-corrected chi connectivity index (χ1v) is 6.32. The van der Waals surface area contributed by atoms with Crippen molar-refractivity contribution in [1.29, 1.82) is 0 Å². The van der Waals surface area contributed by atoms with E-state index in [2.05, 4.69) is 5.18 Å². The Labute approximate surface area is 117 Å². The quantitative estimate of drug-likeness (QED) is 0.518. The Bertz CT molecular complexity index is 545. The molecule has 1 rings (SSSR count). The summed E-state index contributed by atoms with van der Waals surface area (Å²) >= 11 is 0. The van der Waals surface area contributed by atoms with E-state index in [0.29, 0.717) is 11.1 Å². The van der Waals surface area contributed by atoms with Gasteiger partial charge in [-0.2, -0.15) is 0 Å². The summed E-state index contributed by atoms with van der Waals surface area (Å²) < 4.78 is 0. The number of aliphatic hydroxyl groups excluding tert-OH is 1. The van der Waals surface area contributed by atoms with Crippen molar-refractivity contribution in [3.63, 3.8) is 0 Å². The lowest BCUT2D eigenvalue weighted by Crippen LogP contribution is -2.24. The average molecular weight is 280 g/mol. The maximum absolute atomic E-state index is 11.2. The number of hydrogen-bond acceptors (Lipinski definition) is 5. The van der Waals surface area contributed by atoms with Crippen molar-refractivity contribution in [3.05, 3.63) is 38.3 Å². The van der Waals surface area contributed by atoms with E-state index < -0.39 is 15.8 Å². The number of benzene rings is 1. The maximum Gasteiger partial charge on any atom is 0.275 e. The van der Waals surface area contributed by atoms with Gasteiger partial charge in [-0.05, 0) is 22.2 Å². The molecule has 0 amide bonds. The summed E-state index contributed by atoms with van der Waals surface area (Å²) in [6, 6.07) is 2.81. The SMILES string of the molecule is CC(C)(C)c1cc(C(C)(C)CO)c(N=O)cc1[N+](=O)[O-]. The Balaban J connectivity index is 3.72. The second-order valence-corrected chi connectivity index (χ2v) is 6.53. The molecule has 0 atom stereocenters. The van der Waals surface area contributed by atoms with Crippen LogP contribution >= 0.6 is 0 Å². The van der Waals surface area contributed by atoms with E-state index in [9.17, 15) is 20.1 Å². The van der Waals surface area contributed by atoms with Crippen LogP contribution in [0, 0.1) is 15.0 Å². The molecule has 110 valence electrons. The summed E-state index contributed by atoms with van der Waals surface area (Å²) in [5.41, 5.74) is -0.229. The zero-order valence-electron chi connectivity index (χ0n) is 12.4. The third kappa shape index (κ3) is 3.01. The predicted octanol–water partition coefficient (Wildman–Crippen LogP) is 3.56. The third-order valence-corrected chi connectivity index (χ3v) is 3.34. The number of hydrogen-bond donors (Lipinski definition) is 1. The molecule has 0 aliphatic heterocycles. The molecule has 0 heterocycles. The van der Waals surface area contributed by atoms with Gasteiger partial charge in [-0.25, -0.2) is 0 Å². The zero-order chi connectivity index (χ0) is 15.7. The highest BCUT2D eigenvalue weighted by molar-refractivity contribution is 5.61. The molecule has 0 fully saturated rings. The molecule has 1 aromatic rings. The van der Waals surface area contributed by atoms with Gasteiger partial charge in [0.2, 0.25) is 0 Å². The largest absolute Gasteiger partial charge is 0.395 e. The molecular formula is C14H20N2O4. The second kappa shape index (κ2) is 5.28. The van der Waals surface area contributed by atoms with Crippen molar-refractivity contribution in [2.75, 3.05) is 6.61 Å². The van der Waals surface area contributed by atoms with E-state index in [1.165, 1.54) is 6.07 Å². The van der Waals surface area contributed by atoms with Crippen LogP contribution in [0.15, 0.2) is 17.3 Å². The lowest BCUT2D eigenvalue weighted by molar-refractivity contribution is -0.385. The van der Waals surface area contributed by atoms with Crippen LogP contribution in [0.1, 0.15) is 45.7 Å². The highest BCUT2D eigenvalue weighted by Crippen LogP contribution is 2.40. The maximum atomic E-state index is 11.2. The van der Waals surface area contributed by atoms with E-state index in [4.69, 9.17) is 0 Å².